The van der Waals surface area contributed by atoms with Gasteiger partial charge in [0.1, 0.15) is 5.75 Å². The third kappa shape index (κ3) is 2.87. The van der Waals surface area contributed by atoms with Crippen molar-refractivity contribution in [1.29, 1.82) is 0 Å². The van der Waals surface area contributed by atoms with Gasteiger partial charge in [0.25, 0.3) is 0 Å². The summed E-state index contributed by atoms with van der Waals surface area (Å²) in [5, 5.41) is 7.99. The van der Waals surface area contributed by atoms with Gasteiger partial charge in [-0.3, -0.25) is 0 Å². The molecule has 0 saturated carbocycles. The van der Waals surface area contributed by atoms with E-state index in [1.807, 2.05) is 30.5 Å². The number of rotatable bonds is 5. The average Bonchev–Trinajstić information content (AvgIpc) is 2.87. The van der Waals surface area contributed by atoms with Crippen molar-refractivity contribution >= 4 is 0 Å². The number of aromatic nitrogens is 3. The Balaban J connectivity index is 2.21. The van der Waals surface area contributed by atoms with E-state index in [0.717, 1.165) is 23.6 Å². The Morgan fingerprint density at radius 2 is 2.28 bits per heavy atom. The van der Waals surface area contributed by atoms with Gasteiger partial charge in [-0.2, -0.15) is 0 Å². The van der Waals surface area contributed by atoms with Crippen LogP contribution in [0.4, 0.5) is 0 Å². The maximum Gasteiger partial charge on any atom is 0.121 e. The minimum Gasteiger partial charge on any atom is -0.491 e. The fourth-order valence-corrected chi connectivity index (χ4v) is 1.53. The van der Waals surface area contributed by atoms with Crippen molar-refractivity contribution < 1.29 is 4.74 Å². The molecule has 0 aliphatic heterocycles. The molecule has 2 rings (SSSR count). The standard InChI is InChI=1S/C13H18N4O/c1-3-10(2)18-13-6-4-5-12(7-13)17-9-11(8-14)15-16-17/h4-7,9-10H,3,8,14H2,1-2H3. The highest BCUT2D eigenvalue weighted by molar-refractivity contribution is 5.38. The molecule has 1 atom stereocenters. The van der Waals surface area contributed by atoms with E-state index in [1.54, 1.807) is 4.68 Å². The quantitative estimate of drug-likeness (QED) is 0.875. The fourth-order valence-electron chi connectivity index (χ4n) is 1.53. The molecule has 2 N–H and O–H groups in total. The first-order valence-electron chi connectivity index (χ1n) is 6.11. The third-order valence-electron chi connectivity index (χ3n) is 2.74. The van der Waals surface area contributed by atoms with Gasteiger partial charge in [-0.15, -0.1) is 5.10 Å². The van der Waals surface area contributed by atoms with Crippen molar-refractivity contribution in [2.45, 2.75) is 32.9 Å². The lowest BCUT2D eigenvalue weighted by Crippen LogP contribution is -2.09. The summed E-state index contributed by atoms with van der Waals surface area (Å²) in [6, 6.07) is 7.78. The van der Waals surface area contributed by atoms with Crippen LogP contribution < -0.4 is 10.5 Å². The van der Waals surface area contributed by atoms with Gasteiger partial charge in [0, 0.05) is 12.6 Å². The molecular weight excluding hydrogens is 228 g/mol. The molecule has 0 radical (unpaired) electrons. The zero-order chi connectivity index (χ0) is 13.0. The monoisotopic (exact) mass is 246 g/mol. The van der Waals surface area contributed by atoms with E-state index in [4.69, 9.17) is 10.5 Å². The van der Waals surface area contributed by atoms with Gasteiger partial charge < -0.3 is 10.5 Å². The van der Waals surface area contributed by atoms with Crippen LogP contribution in [-0.4, -0.2) is 21.1 Å². The zero-order valence-electron chi connectivity index (χ0n) is 10.7. The largest absolute Gasteiger partial charge is 0.491 e. The smallest absolute Gasteiger partial charge is 0.121 e. The topological polar surface area (TPSA) is 66.0 Å². The molecule has 1 unspecified atom stereocenters. The molecule has 0 bridgehead atoms. The molecule has 2 aromatic rings. The van der Waals surface area contributed by atoms with Gasteiger partial charge in [-0.25, -0.2) is 4.68 Å². The Morgan fingerprint density at radius 1 is 1.44 bits per heavy atom. The van der Waals surface area contributed by atoms with Crippen molar-refractivity contribution in [3.8, 4) is 11.4 Å². The normalized spacial score (nSPS) is 12.4. The molecular formula is C13H18N4O. The number of benzene rings is 1. The first-order chi connectivity index (χ1) is 8.72. The number of nitrogens with zero attached hydrogens (tertiary/aromatic N) is 3. The fraction of sp³-hybridized carbons (Fsp3) is 0.385. The summed E-state index contributed by atoms with van der Waals surface area (Å²) in [6.45, 7) is 4.54. The van der Waals surface area contributed by atoms with Gasteiger partial charge in [0.05, 0.1) is 23.7 Å². The van der Waals surface area contributed by atoms with E-state index in [0.29, 0.717) is 6.54 Å². The number of ether oxygens (including phenoxy) is 1. The number of hydrogen-bond acceptors (Lipinski definition) is 4. The first kappa shape index (κ1) is 12.6. The second-order valence-electron chi connectivity index (χ2n) is 4.19. The van der Waals surface area contributed by atoms with Crippen LogP contribution in [0.1, 0.15) is 26.0 Å². The van der Waals surface area contributed by atoms with Crippen molar-refractivity contribution in [2.75, 3.05) is 0 Å². The van der Waals surface area contributed by atoms with Crippen LogP contribution in [-0.2, 0) is 6.54 Å². The molecule has 0 saturated heterocycles. The first-order valence-corrected chi connectivity index (χ1v) is 6.11. The molecule has 0 spiro atoms. The van der Waals surface area contributed by atoms with Crippen LogP contribution in [0.15, 0.2) is 30.5 Å². The van der Waals surface area contributed by atoms with Crippen LogP contribution in [0.2, 0.25) is 0 Å². The second kappa shape index (κ2) is 5.64. The maximum atomic E-state index is 5.77. The number of hydrogen-bond donors (Lipinski definition) is 1. The lowest BCUT2D eigenvalue weighted by molar-refractivity contribution is 0.217. The molecule has 0 aliphatic carbocycles. The third-order valence-corrected chi connectivity index (χ3v) is 2.74. The highest BCUT2D eigenvalue weighted by atomic mass is 16.5. The van der Waals surface area contributed by atoms with E-state index in [9.17, 15) is 0 Å². The van der Waals surface area contributed by atoms with Crippen molar-refractivity contribution in [3.05, 3.63) is 36.2 Å². The molecule has 1 aromatic heterocycles. The minimum atomic E-state index is 0.204. The predicted octanol–water partition coefficient (Wildman–Crippen LogP) is 1.90. The van der Waals surface area contributed by atoms with E-state index in [2.05, 4.69) is 24.2 Å². The van der Waals surface area contributed by atoms with E-state index >= 15 is 0 Å². The van der Waals surface area contributed by atoms with Crippen LogP contribution in [0.25, 0.3) is 5.69 Å². The maximum absolute atomic E-state index is 5.77. The number of nitrogens with two attached hydrogens (primary N) is 1. The van der Waals surface area contributed by atoms with Gasteiger partial charge in [-0.05, 0) is 25.5 Å². The molecule has 5 heteroatoms. The summed E-state index contributed by atoms with van der Waals surface area (Å²) in [5.41, 5.74) is 7.20. The van der Waals surface area contributed by atoms with E-state index in [-0.39, 0.29) is 6.10 Å². The van der Waals surface area contributed by atoms with Crippen LogP contribution in [0.5, 0.6) is 5.75 Å². The van der Waals surface area contributed by atoms with Crippen LogP contribution in [0.3, 0.4) is 0 Å². The summed E-state index contributed by atoms with van der Waals surface area (Å²) < 4.78 is 7.47. The van der Waals surface area contributed by atoms with Gasteiger partial charge >= 0.3 is 0 Å². The molecule has 0 fully saturated rings. The molecule has 0 amide bonds. The molecule has 96 valence electrons. The van der Waals surface area contributed by atoms with Crippen LogP contribution >= 0.6 is 0 Å². The van der Waals surface area contributed by atoms with Gasteiger partial charge in [0.15, 0.2) is 0 Å². The lowest BCUT2D eigenvalue weighted by atomic mass is 10.3. The Kier molecular flexibility index (Phi) is 3.94. The highest BCUT2D eigenvalue weighted by Crippen LogP contribution is 2.18. The summed E-state index contributed by atoms with van der Waals surface area (Å²) in [5.74, 6) is 0.839. The van der Waals surface area contributed by atoms with Gasteiger partial charge in [0.2, 0.25) is 0 Å². The van der Waals surface area contributed by atoms with E-state index < -0.39 is 0 Å². The summed E-state index contributed by atoms with van der Waals surface area (Å²) in [6.07, 6.45) is 3.00. The Labute approximate surface area is 107 Å². The van der Waals surface area contributed by atoms with Crippen molar-refractivity contribution in [3.63, 3.8) is 0 Å². The Hall–Kier alpha value is -1.88. The van der Waals surface area contributed by atoms with Crippen molar-refractivity contribution in [2.24, 2.45) is 5.73 Å². The van der Waals surface area contributed by atoms with Gasteiger partial charge in [-0.1, -0.05) is 18.2 Å². The van der Waals surface area contributed by atoms with Crippen molar-refractivity contribution in [1.82, 2.24) is 15.0 Å². The SMILES string of the molecule is CCC(C)Oc1cccc(-n2cc(CN)nn2)c1. The highest BCUT2D eigenvalue weighted by Gasteiger charge is 2.05. The molecule has 1 heterocycles. The Bertz CT molecular complexity index is 509. The summed E-state index contributed by atoms with van der Waals surface area (Å²) in [4.78, 5) is 0. The van der Waals surface area contributed by atoms with E-state index in [1.165, 1.54) is 0 Å². The second-order valence-corrected chi connectivity index (χ2v) is 4.19. The Morgan fingerprint density at radius 3 is 2.94 bits per heavy atom. The predicted molar refractivity (Wildman–Crippen MR) is 69.6 cm³/mol. The molecule has 18 heavy (non-hydrogen) atoms. The summed E-state index contributed by atoms with van der Waals surface area (Å²) >= 11 is 0. The molecule has 1 aromatic carbocycles. The zero-order valence-corrected chi connectivity index (χ0v) is 10.7. The average molecular weight is 246 g/mol. The summed E-state index contributed by atoms with van der Waals surface area (Å²) in [7, 11) is 0. The molecule has 5 nitrogen and oxygen atoms in total. The molecule has 0 aliphatic rings. The minimum absolute atomic E-state index is 0.204. The van der Waals surface area contributed by atoms with Crippen LogP contribution in [0, 0.1) is 0 Å². The lowest BCUT2D eigenvalue weighted by Gasteiger charge is -2.13.